The highest BCUT2D eigenvalue weighted by molar-refractivity contribution is 5.47. The van der Waals surface area contributed by atoms with Gasteiger partial charge in [0.25, 0.3) is 0 Å². The summed E-state index contributed by atoms with van der Waals surface area (Å²) in [7, 11) is 1.65. The van der Waals surface area contributed by atoms with Crippen LogP contribution in [0, 0.1) is 0 Å². The van der Waals surface area contributed by atoms with Crippen molar-refractivity contribution in [1.29, 1.82) is 0 Å². The lowest BCUT2D eigenvalue weighted by molar-refractivity contribution is 0.109. The van der Waals surface area contributed by atoms with E-state index >= 15 is 0 Å². The first-order chi connectivity index (χ1) is 13.8. The molecule has 0 unspecified atom stereocenters. The molecule has 8 heteroatoms. The first-order valence-corrected chi connectivity index (χ1v) is 10.1. The number of rotatable bonds is 5. The van der Waals surface area contributed by atoms with Gasteiger partial charge in [-0.3, -0.25) is 0 Å². The van der Waals surface area contributed by atoms with Crippen LogP contribution in [0.25, 0.3) is 0 Å². The van der Waals surface area contributed by atoms with Gasteiger partial charge in [0, 0.05) is 43.2 Å². The molecule has 28 heavy (non-hydrogen) atoms. The summed E-state index contributed by atoms with van der Waals surface area (Å²) in [5.74, 6) is 2.59. The van der Waals surface area contributed by atoms with Crippen molar-refractivity contribution in [2.75, 3.05) is 36.6 Å². The largest absolute Gasteiger partial charge is 0.481 e. The predicted molar refractivity (Wildman–Crippen MR) is 105 cm³/mol. The Hall–Kier alpha value is -2.48. The second-order valence-corrected chi connectivity index (χ2v) is 7.75. The Labute approximate surface area is 164 Å². The Bertz CT molecular complexity index is 835. The highest BCUT2D eigenvalue weighted by Gasteiger charge is 2.37. The Morgan fingerprint density at radius 1 is 1.07 bits per heavy atom. The van der Waals surface area contributed by atoms with Gasteiger partial charge in [-0.1, -0.05) is 0 Å². The van der Waals surface area contributed by atoms with Crippen molar-refractivity contribution in [2.24, 2.45) is 0 Å². The van der Waals surface area contributed by atoms with Crippen molar-refractivity contribution < 1.29 is 9.47 Å². The highest BCUT2D eigenvalue weighted by atomic mass is 16.5. The van der Waals surface area contributed by atoms with E-state index in [2.05, 4.69) is 36.0 Å². The summed E-state index contributed by atoms with van der Waals surface area (Å²) in [5.41, 5.74) is 2.27. The third kappa shape index (κ3) is 3.48. The molecule has 3 aliphatic rings. The molecule has 0 atom stereocenters. The molecule has 0 N–H and O–H groups in total. The van der Waals surface area contributed by atoms with Gasteiger partial charge in [0.2, 0.25) is 5.88 Å². The Morgan fingerprint density at radius 3 is 2.68 bits per heavy atom. The summed E-state index contributed by atoms with van der Waals surface area (Å²) in [4.78, 5) is 13.5. The fourth-order valence-corrected chi connectivity index (χ4v) is 4.27. The first-order valence-electron chi connectivity index (χ1n) is 10.1. The van der Waals surface area contributed by atoms with Gasteiger partial charge < -0.3 is 19.3 Å². The number of hydrogen-bond acceptors (Lipinski definition) is 8. The van der Waals surface area contributed by atoms with Crippen molar-refractivity contribution in [3.8, 4) is 5.88 Å². The number of aromatic nitrogens is 4. The molecule has 1 saturated carbocycles. The molecule has 0 bridgehead atoms. The monoisotopic (exact) mass is 382 g/mol. The van der Waals surface area contributed by atoms with Crippen LogP contribution in [0.1, 0.15) is 36.9 Å². The number of ether oxygens (including phenoxy) is 2. The molecule has 2 fully saturated rings. The van der Waals surface area contributed by atoms with Crippen LogP contribution in [0.15, 0.2) is 18.5 Å². The predicted octanol–water partition coefficient (Wildman–Crippen LogP) is 1.99. The lowest BCUT2D eigenvalue weighted by Crippen LogP contribution is -2.46. The SMILES string of the molecule is COc1cc(N(C2CC2)C2CCN(c3cc4c(nn3)CCOC4)CC2)ncn1. The van der Waals surface area contributed by atoms with Crippen LogP contribution in [0.4, 0.5) is 11.6 Å². The maximum atomic E-state index is 5.57. The second kappa shape index (κ2) is 7.50. The Kier molecular flexibility index (Phi) is 4.72. The summed E-state index contributed by atoms with van der Waals surface area (Å²) in [6, 6.07) is 5.20. The van der Waals surface area contributed by atoms with Crippen LogP contribution < -0.4 is 14.5 Å². The van der Waals surface area contributed by atoms with Crippen molar-refractivity contribution in [2.45, 2.75) is 50.8 Å². The van der Waals surface area contributed by atoms with Crippen molar-refractivity contribution in [1.82, 2.24) is 20.2 Å². The molecule has 4 heterocycles. The van der Waals surface area contributed by atoms with E-state index in [0.29, 0.717) is 24.6 Å². The molecule has 8 nitrogen and oxygen atoms in total. The van der Waals surface area contributed by atoms with Crippen molar-refractivity contribution in [3.05, 3.63) is 29.7 Å². The van der Waals surface area contributed by atoms with Gasteiger partial charge in [0.05, 0.1) is 26.0 Å². The van der Waals surface area contributed by atoms with Crippen LogP contribution in [0.5, 0.6) is 5.88 Å². The summed E-state index contributed by atoms with van der Waals surface area (Å²) in [5, 5.41) is 8.92. The smallest absolute Gasteiger partial charge is 0.218 e. The molecule has 0 radical (unpaired) electrons. The maximum absolute atomic E-state index is 5.57. The molecule has 5 rings (SSSR count). The van der Waals surface area contributed by atoms with Crippen LogP contribution >= 0.6 is 0 Å². The van der Waals surface area contributed by atoms with Gasteiger partial charge in [-0.15, -0.1) is 5.10 Å². The molecule has 1 aliphatic carbocycles. The van der Waals surface area contributed by atoms with Gasteiger partial charge in [-0.05, 0) is 31.7 Å². The molecule has 1 saturated heterocycles. The summed E-state index contributed by atoms with van der Waals surface area (Å²) >= 11 is 0. The van der Waals surface area contributed by atoms with E-state index in [-0.39, 0.29) is 0 Å². The second-order valence-electron chi connectivity index (χ2n) is 7.75. The van der Waals surface area contributed by atoms with E-state index in [1.807, 2.05) is 6.07 Å². The van der Waals surface area contributed by atoms with Crippen molar-refractivity contribution in [3.63, 3.8) is 0 Å². The normalized spacial score (nSPS) is 20.0. The molecular weight excluding hydrogens is 356 g/mol. The van der Waals surface area contributed by atoms with Crippen LogP contribution in [0.2, 0.25) is 0 Å². The maximum Gasteiger partial charge on any atom is 0.218 e. The van der Waals surface area contributed by atoms with Gasteiger partial charge in [-0.2, -0.15) is 5.10 Å². The highest BCUT2D eigenvalue weighted by Crippen LogP contribution is 2.36. The minimum Gasteiger partial charge on any atom is -0.481 e. The standard InChI is InChI=1S/C20H26N6O2/c1-27-20-11-18(21-13-22-20)26(15-2-3-15)16-4-7-25(8-5-16)19-10-14-12-28-9-6-17(14)23-24-19/h10-11,13,15-16H,2-9,12H2,1H3. The van der Waals surface area contributed by atoms with Crippen LogP contribution in [0.3, 0.4) is 0 Å². The molecule has 0 spiro atoms. The van der Waals surface area contributed by atoms with E-state index in [4.69, 9.17) is 9.47 Å². The zero-order valence-corrected chi connectivity index (χ0v) is 16.3. The van der Waals surface area contributed by atoms with Crippen molar-refractivity contribution >= 4 is 11.6 Å². The van der Waals surface area contributed by atoms with Gasteiger partial charge in [-0.25, -0.2) is 9.97 Å². The van der Waals surface area contributed by atoms with Gasteiger partial charge in [0.1, 0.15) is 12.1 Å². The lowest BCUT2D eigenvalue weighted by Gasteiger charge is -2.39. The first kappa shape index (κ1) is 17.6. The van der Waals surface area contributed by atoms with E-state index in [1.165, 1.54) is 18.4 Å². The van der Waals surface area contributed by atoms with Crippen LogP contribution in [-0.4, -0.2) is 59.1 Å². The quantitative estimate of drug-likeness (QED) is 0.777. The van der Waals surface area contributed by atoms with E-state index in [9.17, 15) is 0 Å². The third-order valence-corrected chi connectivity index (χ3v) is 5.91. The van der Waals surface area contributed by atoms with E-state index in [1.54, 1.807) is 13.4 Å². The average Bonchev–Trinajstić information content (AvgIpc) is 3.59. The molecule has 0 aromatic carbocycles. The average molecular weight is 382 g/mol. The van der Waals surface area contributed by atoms with Crippen LogP contribution in [-0.2, 0) is 17.8 Å². The van der Waals surface area contributed by atoms with Gasteiger partial charge >= 0.3 is 0 Å². The van der Waals surface area contributed by atoms with E-state index < -0.39 is 0 Å². The molecule has 2 aromatic rings. The minimum atomic E-state index is 0.484. The zero-order chi connectivity index (χ0) is 18.9. The van der Waals surface area contributed by atoms with E-state index in [0.717, 1.165) is 56.3 Å². The number of nitrogens with zero attached hydrogens (tertiary/aromatic N) is 6. The summed E-state index contributed by atoms with van der Waals surface area (Å²) in [6.45, 7) is 3.35. The fourth-order valence-electron chi connectivity index (χ4n) is 4.27. The Balaban J connectivity index is 1.29. The Morgan fingerprint density at radius 2 is 1.89 bits per heavy atom. The summed E-state index contributed by atoms with van der Waals surface area (Å²) < 4.78 is 10.9. The molecule has 2 aliphatic heterocycles. The summed E-state index contributed by atoms with van der Waals surface area (Å²) in [6.07, 6.45) is 7.11. The third-order valence-electron chi connectivity index (χ3n) is 5.91. The number of methoxy groups -OCH3 is 1. The topological polar surface area (TPSA) is 76.5 Å². The molecular formula is C20H26N6O2. The number of fused-ring (bicyclic) bond motifs is 1. The van der Waals surface area contributed by atoms with Gasteiger partial charge in [0.15, 0.2) is 5.82 Å². The molecule has 148 valence electrons. The zero-order valence-electron chi connectivity index (χ0n) is 16.3. The number of hydrogen-bond donors (Lipinski definition) is 0. The minimum absolute atomic E-state index is 0.484. The number of anilines is 2. The fraction of sp³-hybridized carbons (Fsp3) is 0.600. The molecule has 2 aromatic heterocycles. The lowest BCUT2D eigenvalue weighted by atomic mass is 10.0. The molecule has 0 amide bonds. The number of piperidine rings is 1.